The Hall–Kier alpha value is -1.63. The lowest BCUT2D eigenvalue weighted by Crippen LogP contribution is -2.43. The van der Waals surface area contributed by atoms with Gasteiger partial charge in [-0.05, 0) is 30.5 Å². The molecule has 7 heteroatoms. The van der Waals surface area contributed by atoms with Crippen LogP contribution in [0.1, 0.15) is 12.0 Å². The maximum atomic E-state index is 12.9. The van der Waals surface area contributed by atoms with Gasteiger partial charge in [0.15, 0.2) is 9.84 Å². The topological polar surface area (TPSA) is 75.3 Å². The van der Waals surface area contributed by atoms with E-state index in [1.165, 1.54) is 12.1 Å². The largest absolute Gasteiger partial charge is 0.338 e. The number of hydrogen-bond donors (Lipinski definition) is 2. The summed E-state index contributed by atoms with van der Waals surface area (Å²) in [7, 11) is -2.99. The Morgan fingerprint density at radius 1 is 1.40 bits per heavy atom. The van der Waals surface area contributed by atoms with Crippen molar-refractivity contribution in [1.29, 1.82) is 0 Å². The first kappa shape index (κ1) is 14.8. The maximum Gasteiger partial charge on any atom is 0.315 e. The average Bonchev–Trinajstić information content (AvgIpc) is 2.68. The zero-order chi connectivity index (χ0) is 14.6. The van der Waals surface area contributed by atoms with E-state index in [0.29, 0.717) is 19.4 Å². The highest BCUT2D eigenvalue weighted by atomic mass is 32.2. The van der Waals surface area contributed by atoms with E-state index in [1.807, 2.05) is 0 Å². The second kappa shape index (κ2) is 6.21. The molecule has 5 nitrogen and oxygen atoms in total. The smallest absolute Gasteiger partial charge is 0.315 e. The molecular weight excluding hydrogens is 283 g/mol. The average molecular weight is 300 g/mol. The van der Waals surface area contributed by atoms with Crippen molar-refractivity contribution >= 4 is 15.9 Å². The molecule has 2 N–H and O–H groups in total. The fraction of sp³-hybridized carbons (Fsp3) is 0.462. The standard InChI is InChI=1S/C13H17FN2O3S/c14-11-3-1-2-10(8-11)4-6-15-13(17)16-12-5-7-20(18,19)9-12/h1-3,8,12H,4-7,9H2,(H2,15,16,17). The Morgan fingerprint density at radius 2 is 2.20 bits per heavy atom. The van der Waals surface area contributed by atoms with Crippen LogP contribution in [0.15, 0.2) is 24.3 Å². The zero-order valence-corrected chi connectivity index (χ0v) is 11.7. The molecule has 0 aliphatic carbocycles. The summed E-state index contributed by atoms with van der Waals surface area (Å²) in [5, 5.41) is 5.27. The Bertz CT molecular complexity index is 589. The van der Waals surface area contributed by atoms with Gasteiger partial charge < -0.3 is 10.6 Å². The molecule has 1 heterocycles. The monoisotopic (exact) mass is 300 g/mol. The van der Waals surface area contributed by atoms with Gasteiger partial charge in [0.05, 0.1) is 11.5 Å². The molecule has 1 aromatic carbocycles. The minimum Gasteiger partial charge on any atom is -0.338 e. The van der Waals surface area contributed by atoms with E-state index < -0.39 is 9.84 Å². The summed E-state index contributed by atoms with van der Waals surface area (Å²) in [6, 6.07) is 5.49. The van der Waals surface area contributed by atoms with Gasteiger partial charge >= 0.3 is 6.03 Å². The van der Waals surface area contributed by atoms with Crippen molar-refractivity contribution in [3.63, 3.8) is 0 Å². The normalized spacial score (nSPS) is 20.6. The van der Waals surface area contributed by atoms with Crippen molar-refractivity contribution in [2.24, 2.45) is 0 Å². The number of sulfone groups is 1. The lowest BCUT2D eigenvalue weighted by atomic mass is 10.1. The number of benzene rings is 1. The van der Waals surface area contributed by atoms with Crippen LogP contribution in [0.2, 0.25) is 0 Å². The third kappa shape index (κ3) is 4.48. The Kier molecular flexibility index (Phi) is 4.59. The van der Waals surface area contributed by atoms with E-state index >= 15 is 0 Å². The van der Waals surface area contributed by atoms with Crippen molar-refractivity contribution in [3.05, 3.63) is 35.6 Å². The molecule has 1 unspecified atom stereocenters. The number of halogens is 1. The number of carbonyl (C=O) groups is 1. The molecule has 1 fully saturated rings. The first-order valence-electron chi connectivity index (χ1n) is 6.44. The lowest BCUT2D eigenvalue weighted by Gasteiger charge is -2.12. The first-order chi connectivity index (χ1) is 9.44. The first-order valence-corrected chi connectivity index (χ1v) is 8.26. The molecule has 0 aromatic heterocycles. The predicted molar refractivity (Wildman–Crippen MR) is 73.7 cm³/mol. The van der Waals surface area contributed by atoms with E-state index in [-0.39, 0.29) is 29.4 Å². The molecule has 2 rings (SSSR count). The van der Waals surface area contributed by atoms with Crippen LogP contribution in [-0.4, -0.2) is 38.5 Å². The second-order valence-corrected chi connectivity index (χ2v) is 7.11. The summed E-state index contributed by atoms with van der Waals surface area (Å²) in [5.41, 5.74) is 0.800. The van der Waals surface area contributed by atoms with E-state index in [2.05, 4.69) is 10.6 Å². The van der Waals surface area contributed by atoms with Gasteiger partial charge in [-0.25, -0.2) is 17.6 Å². The molecule has 1 saturated heterocycles. The molecular formula is C13H17FN2O3S. The predicted octanol–water partition coefficient (Wildman–Crippen LogP) is 0.855. The molecule has 1 atom stereocenters. The van der Waals surface area contributed by atoms with Crippen LogP contribution < -0.4 is 10.6 Å². The molecule has 0 radical (unpaired) electrons. The van der Waals surface area contributed by atoms with Crippen molar-refractivity contribution in [2.45, 2.75) is 18.9 Å². The number of urea groups is 1. The highest BCUT2D eigenvalue weighted by Gasteiger charge is 2.28. The second-order valence-electron chi connectivity index (χ2n) is 4.88. The van der Waals surface area contributed by atoms with E-state index in [4.69, 9.17) is 0 Å². The molecule has 0 saturated carbocycles. The highest BCUT2D eigenvalue weighted by Crippen LogP contribution is 2.10. The van der Waals surface area contributed by atoms with Crippen LogP contribution in [0.3, 0.4) is 0 Å². The van der Waals surface area contributed by atoms with Crippen molar-refractivity contribution in [1.82, 2.24) is 10.6 Å². The van der Waals surface area contributed by atoms with Crippen LogP contribution in [0, 0.1) is 5.82 Å². The van der Waals surface area contributed by atoms with Crippen LogP contribution in [-0.2, 0) is 16.3 Å². The summed E-state index contributed by atoms with van der Waals surface area (Å²) >= 11 is 0. The Labute approximate surface area is 117 Å². The molecule has 110 valence electrons. The minimum atomic E-state index is -2.99. The molecule has 20 heavy (non-hydrogen) atoms. The van der Waals surface area contributed by atoms with Gasteiger partial charge in [0.25, 0.3) is 0 Å². The quantitative estimate of drug-likeness (QED) is 0.866. The summed E-state index contributed by atoms with van der Waals surface area (Å²) in [6.07, 6.45) is 0.980. The number of carbonyl (C=O) groups excluding carboxylic acids is 1. The van der Waals surface area contributed by atoms with Gasteiger partial charge in [0.2, 0.25) is 0 Å². The third-order valence-electron chi connectivity index (χ3n) is 3.16. The Morgan fingerprint density at radius 3 is 2.85 bits per heavy atom. The maximum absolute atomic E-state index is 12.9. The zero-order valence-electron chi connectivity index (χ0n) is 10.9. The summed E-state index contributed by atoms with van der Waals surface area (Å²) in [5.74, 6) is -0.172. The number of rotatable bonds is 4. The van der Waals surface area contributed by atoms with Crippen molar-refractivity contribution in [3.8, 4) is 0 Å². The number of amides is 2. The fourth-order valence-corrected chi connectivity index (χ4v) is 3.83. The molecule has 1 aliphatic heterocycles. The van der Waals surface area contributed by atoms with E-state index in [0.717, 1.165) is 5.56 Å². The minimum absolute atomic E-state index is 0.00428. The fourth-order valence-electron chi connectivity index (χ4n) is 2.16. The molecule has 0 spiro atoms. The van der Waals surface area contributed by atoms with Gasteiger partial charge in [-0.15, -0.1) is 0 Å². The van der Waals surface area contributed by atoms with Crippen LogP contribution in [0.4, 0.5) is 9.18 Å². The third-order valence-corrected chi connectivity index (χ3v) is 4.92. The van der Waals surface area contributed by atoms with Crippen molar-refractivity contribution < 1.29 is 17.6 Å². The summed E-state index contributed by atoms with van der Waals surface area (Å²) in [4.78, 5) is 11.6. The van der Waals surface area contributed by atoms with Gasteiger partial charge in [0.1, 0.15) is 5.82 Å². The SMILES string of the molecule is O=C(NCCc1cccc(F)c1)NC1CCS(=O)(=O)C1. The van der Waals surface area contributed by atoms with Gasteiger partial charge in [0, 0.05) is 12.6 Å². The van der Waals surface area contributed by atoms with Crippen molar-refractivity contribution in [2.75, 3.05) is 18.1 Å². The van der Waals surface area contributed by atoms with Crippen LogP contribution in [0.5, 0.6) is 0 Å². The number of hydrogen-bond acceptors (Lipinski definition) is 3. The van der Waals surface area contributed by atoms with E-state index in [1.54, 1.807) is 12.1 Å². The Balaban J connectivity index is 1.71. The van der Waals surface area contributed by atoms with Crippen LogP contribution in [0.25, 0.3) is 0 Å². The summed E-state index contributed by atoms with van der Waals surface area (Å²) in [6.45, 7) is 0.370. The van der Waals surface area contributed by atoms with Crippen LogP contribution >= 0.6 is 0 Å². The molecule has 1 aromatic rings. The molecule has 1 aliphatic rings. The van der Waals surface area contributed by atoms with Gasteiger partial charge in [-0.1, -0.05) is 12.1 Å². The van der Waals surface area contributed by atoms with Gasteiger partial charge in [-0.3, -0.25) is 0 Å². The highest BCUT2D eigenvalue weighted by molar-refractivity contribution is 7.91. The number of nitrogens with one attached hydrogen (secondary N) is 2. The summed E-state index contributed by atoms with van der Waals surface area (Å²) < 4.78 is 35.4. The lowest BCUT2D eigenvalue weighted by molar-refractivity contribution is 0.238. The molecule has 2 amide bonds. The molecule has 0 bridgehead atoms. The van der Waals surface area contributed by atoms with E-state index in [9.17, 15) is 17.6 Å². The van der Waals surface area contributed by atoms with Gasteiger partial charge in [-0.2, -0.15) is 0 Å².